The van der Waals surface area contributed by atoms with Crippen LogP contribution in [-0.4, -0.2) is 34.2 Å². The number of hydrogen-bond donors (Lipinski definition) is 1. The molecule has 0 saturated carbocycles. The molecule has 0 spiro atoms. The third-order valence-corrected chi connectivity index (χ3v) is 7.42. The fourth-order valence-corrected chi connectivity index (χ4v) is 5.51. The number of amides is 2. The number of halogens is 1. The van der Waals surface area contributed by atoms with Gasteiger partial charge in [-0.25, -0.2) is 9.07 Å². The lowest BCUT2D eigenvalue weighted by Gasteiger charge is -2.38. The fraction of sp³-hybridized carbons (Fsp3) is 0.147. The van der Waals surface area contributed by atoms with Gasteiger partial charge >= 0.3 is 0 Å². The number of likely N-dealkylation sites (N-methyl/N-ethyl adjacent to an activating group) is 1. The molecule has 7 nitrogen and oxygen atoms in total. The zero-order chi connectivity index (χ0) is 29.2. The summed E-state index contributed by atoms with van der Waals surface area (Å²) >= 11 is 0. The first-order valence-corrected chi connectivity index (χ1v) is 13.8. The third kappa shape index (κ3) is 5.03. The van der Waals surface area contributed by atoms with Gasteiger partial charge < -0.3 is 10.1 Å². The van der Waals surface area contributed by atoms with Crippen LogP contribution in [0.4, 0.5) is 10.2 Å². The summed E-state index contributed by atoms with van der Waals surface area (Å²) in [6.07, 6.45) is 0. The zero-order valence-corrected chi connectivity index (χ0v) is 23.2. The molecular formula is C34H29FN4O3. The van der Waals surface area contributed by atoms with E-state index in [1.165, 1.54) is 12.1 Å². The Morgan fingerprint density at radius 3 is 2.26 bits per heavy atom. The van der Waals surface area contributed by atoms with Crippen LogP contribution in [0.25, 0.3) is 5.69 Å². The zero-order valence-electron chi connectivity index (χ0n) is 23.2. The standard InChI is InChI=1S/C34H29FN4O3/c1-3-38-33-29(22(2)37-39(33)26-12-6-4-7-13-26)30(23-17-19-25(35)20-18-23)31(34(38)41)36-32(40)24-11-10-16-28(21-24)42-27-14-8-5-9-15-27/h4-21,30-31H,3H2,1-2H3,(H,36,40)/t30-,31?/m0/s1. The highest BCUT2D eigenvalue weighted by Crippen LogP contribution is 2.43. The first-order chi connectivity index (χ1) is 20.4. The second kappa shape index (κ2) is 11.3. The number of nitrogens with one attached hydrogen (secondary N) is 1. The van der Waals surface area contributed by atoms with Crippen molar-refractivity contribution in [1.29, 1.82) is 0 Å². The average Bonchev–Trinajstić information content (AvgIpc) is 3.35. The Balaban J connectivity index is 1.41. The lowest BCUT2D eigenvalue weighted by Crippen LogP contribution is -2.55. The monoisotopic (exact) mass is 560 g/mol. The Labute approximate surface area is 243 Å². The van der Waals surface area contributed by atoms with Crippen LogP contribution in [0.2, 0.25) is 0 Å². The Morgan fingerprint density at radius 1 is 0.905 bits per heavy atom. The molecule has 0 bridgehead atoms. The molecule has 0 fully saturated rings. The molecule has 0 saturated heterocycles. The molecule has 1 aliphatic heterocycles. The smallest absolute Gasteiger partial charge is 0.252 e. The lowest BCUT2D eigenvalue weighted by atomic mass is 9.81. The van der Waals surface area contributed by atoms with Crippen molar-refractivity contribution in [2.45, 2.75) is 25.8 Å². The predicted molar refractivity (Wildman–Crippen MR) is 159 cm³/mol. The molecule has 1 unspecified atom stereocenters. The van der Waals surface area contributed by atoms with E-state index in [1.54, 1.807) is 46.0 Å². The minimum absolute atomic E-state index is 0.276. The van der Waals surface area contributed by atoms with Crippen LogP contribution in [0.5, 0.6) is 11.5 Å². The molecule has 2 heterocycles. The Hall–Kier alpha value is -5.24. The van der Waals surface area contributed by atoms with Crippen molar-refractivity contribution in [2.24, 2.45) is 0 Å². The molecule has 0 aliphatic carbocycles. The van der Waals surface area contributed by atoms with Crippen molar-refractivity contribution in [3.8, 4) is 17.2 Å². The molecule has 210 valence electrons. The SMILES string of the molecule is CCN1C(=O)C(NC(=O)c2cccc(Oc3ccccc3)c2)[C@@H](c2ccc(F)cc2)c2c(C)nn(-c3ccccc3)c21. The predicted octanol–water partition coefficient (Wildman–Crippen LogP) is 6.41. The van der Waals surface area contributed by atoms with Crippen molar-refractivity contribution < 1.29 is 18.7 Å². The molecule has 1 N–H and O–H groups in total. The van der Waals surface area contributed by atoms with Gasteiger partial charge in [-0.2, -0.15) is 5.10 Å². The number of nitrogens with zero attached hydrogens (tertiary/aromatic N) is 3. The second-order valence-electron chi connectivity index (χ2n) is 10.1. The van der Waals surface area contributed by atoms with Gasteiger partial charge in [0.1, 0.15) is 29.2 Å². The number of aryl methyl sites for hydroxylation is 1. The summed E-state index contributed by atoms with van der Waals surface area (Å²) in [5.74, 6) is 0.101. The Morgan fingerprint density at radius 2 is 1.57 bits per heavy atom. The third-order valence-electron chi connectivity index (χ3n) is 7.42. The van der Waals surface area contributed by atoms with Crippen molar-refractivity contribution in [1.82, 2.24) is 15.1 Å². The average molecular weight is 561 g/mol. The summed E-state index contributed by atoms with van der Waals surface area (Å²) in [6, 6.07) is 30.8. The number of benzene rings is 4. The molecule has 1 aliphatic rings. The number of anilines is 1. The van der Waals surface area contributed by atoms with E-state index in [1.807, 2.05) is 74.5 Å². The minimum atomic E-state index is -0.957. The molecule has 1 aromatic heterocycles. The number of aromatic nitrogens is 2. The first-order valence-electron chi connectivity index (χ1n) is 13.8. The highest BCUT2D eigenvalue weighted by atomic mass is 19.1. The van der Waals surface area contributed by atoms with Crippen LogP contribution in [-0.2, 0) is 4.79 Å². The molecule has 2 amide bonds. The largest absolute Gasteiger partial charge is 0.457 e. The van der Waals surface area contributed by atoms with Gasteiger partial charge in [-0.3, -0.25) is 14.5 Å². The summed E-state index contributed by atoms with van der Waals surface area (Å²) in [6.45, 7) is 4.15. The molecule has 0 radical (unpaired) electrons. The fourth-order valence-electron chi connectivity index (χ4n) is 5.51. The topological polar surface area (TPSA) is 76.5 Å². The van der Waals surface area contributed by atoms with E-state index in [2.05, 4.69) is 5.32 Å². The number of ether oxygens (including phenoxy) is 1. The summed E-state index contributed by atoms with van der Waals surface area (Å²) in [7, 11) is 0. The second-order valence-corrected chi connectivity index (χ2v) is 10.1. The normalized spacial score (nSPS) is 16.2. The summed E-state index contributed by atoms with van der Waals surface area (Å²) in [5.41, 5.74) is 3.37. The van der Waals surface area contributed by atoms with E-state index in [0.717, 1.165) is 11.3 Å². The summed E-state index contributed by atoms with van der Waals surface area (Å²) < 4.78 is 21.7. The molecular weight excluding hydrogens is 531 g/mol. The van der Waals surface area contributed by atoms with Crippen molar-refractivity contribution in [3.63, 3.8) is 0 Å². The minimum Gasteiger partial charge on any atom is -0.457 e. The number of rotatable bonds is 7. The number of carbonyl (C=O) groups excluding carboxylic acids is 2. The van der Waals surface area contributed by atoms with Crippen LogP contribution < -0.4 is 15.0 Å². The first kappa shape index (κ1) is 27.0. The van der Waals surface area contributed by atoms with Crippen LogP contribution in [0, 0.1) is 12.7 Å². The number of para-hydroxylation sites is 2. The molecule has 8 heteroatoms. The van der Waals surface area contributed by atoms with Gasteiger partial charge in [0.25, 0.3) is 11.8 Å². The van der Waals surface area contributed by atoms with Gasteiger partial charge in [0.05, 0.1) is 11.4 Å². The van der Waals surface area contributed by atoms with Crippen LogP contribution >= 0.6 is 0 Å². The maximum Gasteiger partial charge on any atom is 0.252 e. The van der Waals surface area contributed by atoms with Crippen LogP contribution in [0.15, 0.2) is 109 Å². The van der Waals surface area contributed by atoms with E-state index in [-0.39, 0.29) is 11.7 Å². The lowest BCUT2D eigenvalue weighted by molar-refractivity contribution is -0.121. The number of carbonyl (C=O) groups is 2. The van der Waals surface area contributed by atoms with Gasteiger partial charge in [-0.1, -0.05) is 54.6 Å². The van der Waals surface area contributed by atoms with Gasteiger partial charge in [-0.15, -0.1) is 0 Å². The van der Waals surface area contributed by atoms with Gasteiger partial charge in [0.15, 0.2) is 0 Å². The molecule has 42 heavy (non-hydrogen) atoms. The summed E-state index contributed by atoms with van der Waals surface area (Å²) in [4.78, 5) is 29.6. The van der Waals surface area contributed by atoms with Gasteiger partial charge in [0.2, 0.25) is 0 Å². The number of fused-ring (bicyclic) bond motifs is 1. The van der Waals surface area contributed by atoms with Crippen molar-refractivity contribution in [3.05, 3.63) is 137 Å². The quantitative estimate of drug-likeness (QED) is 0.250. The maximum absolute atomic E-state index is 14.2. The molecule has 4 aromatic carbocycles. The van der Waals surface area contributed by atoms with E-state index in [4.69, 9.17) is 9.84 Å². The van der Waals surface area contributed by atoms with E-state index < -0.39 is 17.9 Å². The summed E-state index contributed by atoms with van der Waals surface area (Å²) in [5, 5.41) is 7.84. The van der Waals surface area contributed by atoms with E-state index in [9.17, 15) is 14.0 Å². The van der Waals surface area contributed by atoms with E-state index in [0.29, 0.717) is 40.7 Å². The van der Waals surface area contributed by atoms with E-state index >= 15 is 0 Å². The molecule has 2 atom stereocenters. The molecule has 6 rings (SSSR count). The van der Waals surface area contributed by atoms with Gasteiger partial charge in [-0.05, 0) is 74.0 Å². The van der Waals surface area contributed by atoms with Crippen molar-refractivity contribution >= 4 is 17.6 Å². The highest BCUT2D eigenvalue weighted by Gasteiger charge is 2.45. The van der Waals surface area contributed by atoms with Crippen LogP contribution in [0.3, 0.4) is 0 Å². The number of hydrogen-bond acceptors (Lipinski definition) is 4. The van der Waals surface area contributed by atoms with Gasteiger partial charge in [0, 0.05) is 23.6 Å². The highest BCUT2D eigenvalue weighted by molar-refractivity contribution is 6.05. The maximum atomic E-state index is 14.2. The Kier molecular flexibility index (Phi) is 7.27. The Bertz CT molecular complexity index is 1740. The van der Waals surface area contributed by atoms with Crippen LogP contribution in [0.1, 0.15) is 40.0 Å². The molecule has 5 aromatic rings. The van der Waals surface area contributed by atoms with Crippen molar-refractivity contribution in [2.75, 3.05) is 11.4 Å².